The number of Topliss-reactive ketones (excluding diaryl/α,β-unsaturated/α-hetero) is 1. The second kappa shape index (κ2) is 3.87. The molecule has 0 saturated carbocycles. The average molecular weight is 232 g/mol. The molecule has 0 aliphatic rings. The van der Waals surface area contributed by atoms with Gasteiger partial charge in [-0.15, -0.1) is 0 Å². The summed E-state index contributed by atoms with van der Waals surface area (Å²) in [7, 11) is 0. The van der Waals surface area contributed by atoms with E-state index >= 15 is 0 Å². The third kappa shape index (κ3) is 2.64. The standard InChI is InChI=1S/C13H16N2O2/c1-13(2,3)7-11(16)8-4-5-9-10(6-8)15-12(17)14-9/h4-6H,7H2,1-3H3,(H2,14,15,17). The van der Waals surface area contributed by atoms with Crippen LogP contribution in [0.5, 0.6) is 0 Å². The van der Waals surface area contributed by atoms with Gasteiger partial charge >= 0.3 is 5.69 Å². The first-order chi connectivity index (χ1) is 7.85. The minimum absolute atomic E-state index is 0.0302. The average Bonchev–Trinajstić information content (AvgIpc) is 2.53. The van der Waals surface area contributed by atoms with Gasteiger partial charge < -0.3 is 9.97 Å². The normalized spacial score (nSPS) is 11.9. The summed E-state index contributed by atoms with van der Waals surface area (Å²) in [5.74, 6) is 0.0986. The second-order valence-corrected chi connectivity index (χ2v) is 5.50. The monoisotopic (exact) mass is 232 g/mol. The maximum atomic E-state index is 12.0. The van der Waals surface area contributed by atoms with E-state index in [1.165, 1.54) is 0 Å². The summed E-state index contributed by atoms with van der Waals surface area (Å²) in [5.41, 5.74) is 1.76. The van der Waals surface area contributed by atoms with Crippen molar-refractivity contribution < 1.29 is 4.79 Å². The molecule has 2 N–H and O–H groups in total. The van der Waals surface area contributed by atoms with Crippen molar-refractivity contribution in [3.63, 3.8) is 0 Å². The molecule has 0 aliphatic carbocycles. The number of aromatic nitrogens is 2. The maximum absolute atomic E-state index is 12.0. The molecule has 2 rings (SSSR count). The van der Waals surface area contributed by atoms with Crippen LogP contribution in [0.2, 0.25) is 0 Å². The Morgan fingerprint density at radius 1 is 1.18 bits per heavy atom. The third-order valence-electron chi connectivity index (χ3n) is 2.53. The van der Waals surface area contributed by atoms with Crippen LogP contribution >= 0.6 is 0 Å². The smallest absolute Gasteiger partial charge is 0.306 e. The summed E-state index contributed by atoms with van der Waals surface area (Å²) in [4.78, 5) is 28.4. The van der Waals surface area contributed by atoms with E-state index < -0.39 is 0 Å². The van der Waals surface area contributed by atoms with E-state index in [1.54, 1.807) is 18.2 Å². The van der Waals surface area contributed by atoms with E-state index in [-0.39, 0.29) is 16.9 Å². The first kappa shape index (κ1) is 11.6. The lowest BCUT2D eigenvalue weighted by molar-refractivity contribution is 0.0940. The van der Waals surface area contributed by atoms with E-state index in [0.29, 0.717) is 17.5 Å². The number of fused-ring (bicyclic) bond motifs is 1. The maximum Gasteiger partial charge on any atom is 0.323 e. The summed E-state index contributed by atoms with van der Waals surface area (Å²) < 4.78 is 0. The molecule has 0 bridgehead atoms. The van der Waals surface area contributed by atoms with Crippen LogP contribution in [0.3, 0.4) is 0 Å². The first-order valence-electron chi connectivity index (χ1n) is 5.60. The SMILES string of the molecule is CC(C)(C)CC(=O)c1ccc2[nH]c(=O)[nH]c2c1. The number of H-pyrrole nitrogens is 2. The van der Waals surface area contributed by atoms with Gasteiger partial charge in [0, 0.05) is 12.0 Å². The van der Waals surface area contributed by atoms with Crippen molar-refractivity contribution in [3.8, 4) is 0 Å². The minimum Gasteiger partial charge on any atom is -0.306 e. The number of nitrogens with one attached hydrogen (secondary N) is 2. The minimum atomic E-state index is -0.250. The zero-order chi connectivity index (χ0) is 12.6. The van der Waals surface area contributed by atoms with Crippen LogP contribution in [0.15, 0.2) is 23.0 Å². The Kier molecular flexibility index (Phi) is 2.65. The molecule has 17 heavy (non-hydrogen) atoms. The fourth-order valence-corrected chi connectivity index (χ4v) is 1.79. The molecule has 0 saturated heterocycles. The zero-order valence-corrected chi connectivity index (χ0v) is 10.3. The highest BCUT2D eigenvalue weighted by Gasteiger charge is 2.17. The van der Waals surface area contributed by atoms with Crippen molar-refractivity contribution in [2.24, 2.45) is 5.41 Å². The number of aromatic amines is 2. The van der Waals surface area contributed by atoms with Crippen molar-refractivity contribution in [1.29, 1.82) is 0 Å². The van der Waals surface area contributed by atoms with Gasteiger partial charge in [-0.2, -0.15) is 0 Å². The van der Waals surface area contributed by atoms with Gasteiger partial charge in [0.15, 0.2) is 5.78 Å². The predicted molar refractivity (Wildman–Crippen MR) is 67.3 cm³/mol. The molecule has 0 fully saturated rings. The molecule has 0 spiro atoms. The molecule has 0 unspecified atom stereocenters. The highest BCUT2D eigenvalue weighted by atomic mass is 16.1. The van der Waals surface area contributed by atoms with E-state index in [4.69, 9.17) is 0 Å². The number of ketones is 1. The van der Waals surface area contributed by atoms with Gasteiger partial charge in [0.05, 0.1) is 11.0 Å². The van der Waals surface area contributed by atoms with Crippen LogP contribution in [0.4, 0.5) is 0 Å². The number of rotatable bonds is 2. The van der Waals surface area contributed by atoms with Gasteiger partial charge in [-0.3, -0.25) is 4.79 Å². The van der Waals surface area contributed by atoms with Crippen LogP contribution < -0.4 is 5.69 Å². The number of hydrogen-bond acceptors (Lipinski definition) is 2. The Morgan fingerprint density at radius 2 is 1.82 bits per heavy atom. The van der Waals surface area contributed by atoms with Crippen molar-refractivity contribution in [2.75, 3.05) is 0 Å². The van der Waals surface area contributed by atoms with Crippen LogP contribution in [-0.4, -0.2) is 15.8 Å². The Bertz CT molecular complexity index is 614. The van der Waals surface area contributed by atoms with Gasteiger partial charge in [0.25, 0.3) is 0 Å². The van der Waals surface area contributed by atoms with E-state index in [9.17, 15) is 9.59 Å². The van der Waals surface area contributed by atoms with Crippen LogP contribution in [0.25, 0.3) is 11.0 Å². The molecule has 0 atom stereocenters. The van der Waals surface area contributed by atoms with Gasteiger partial charge in [0.2, 0.25) is 0 Å². The fraction of sp³-hybridized carbons (Fsp3) is 0.385. The number of benzene rings is 1. The number of hydrogen-bond donors (Lipinski definition) is 2. The highest BCUT2D eigenvalue weighted by Crippen LogP contribution is 2.22. The Balaban J connectivity index is 2.36. The lowest BCUT2D eigenvalue weighted by Crippen LogP contribution is -2.12. The molecule has 4 nitrogen and oxygen atoms in total. The number of carbonyl (C=O) groups excluding carboxylic acids is 1. The largest absolute Gasteiger partial charge is 0.323 e. The summed E-state index contributed by atoms with van der Waals surface area (Å²) in [6.45, 7) is 6.09. The molecule has 1 heterocycles. The lowest BCUT2D eigenvalue weighted by Gasteiger charge is -2.16. The molecular formula is C13H16N2O2. The first-order valence-corrected chi connectivity index (χ1v) is 5.60. The van der Waals surface area contributed by atoms with E-state index in [2.05, 4.69) is 9.97 Å². The molecule has 0 radical (unpaired) electrons. The van der Waals surface area contributed by atoms with Crippen molar-refractivity contribution >= 4 is 16.8 Å². The zero-order valence-electron chi connectivity index (χ0n) is 10.3. The molecule has 2 aromatic rings. The van der Waals surface area contributed by atoms with Crippen LogP contribution in [0, 0.1) is 5.41 Å². The Morgan fingerprint density at radius 3 is 2.47 bits per heavy atom. The molecule has 0 aliphatic heterocycles. The van der Waals surface area contributed by atoms with Crippen molar-refractivity contribution in [3.05, 3.63) is 34.2 Å². The lowest BCUT2D eigenvalue weighted by atomic mass is 9.88. The summed E-state index contributed by atoms with van der Waals surface area (Å²) >= 11 is 0. The summed E-state index contributed by atoms with van der Waals surface area (Å²) in [6, 6.07) is 5.23. The second-order valence-electron chi connectivity index (χ2n) is 5.50. The van der Waals surface area contributed by atoms with Crippen LogP contribution in [0.1, 0.15) is 37.6 Å². The Labute approximate surface area is 99.1 Å². The molecule has 1 aromatic carbocycles. The molecule has 0 amide bonds. The number of carbonyl (C=O) groups is 1. The van der Waals surface area contributed by atoms with Gasteiger partial charge in [-0.05, 0) is 23.6 Å². The topological polar surface area (TPSA) is 65.7 Å². The third-order valence-corrected chi connectivity index (χ3v) is 2.53. The van der Waals surface area contributed by atoms with Crippen molar-refractivity contribution in [1.82, 2.24) is 9.97 Å². The summed E-state index contributed by atoms with van der Waals surface area (Å²) in [6.07, 6.45) is 0.493. The molecule has 90 valence electrons. The Hall–Kier alpha value is -1.84. The van der Waals surface area contributed by atoms with E-state index in [0.717, 1.165) is 5.52 Å². The predicted octanol–water partition coefficient (Wildman–Crippen LogP) is 2.48. The van der Waals surface area contributed by atoms with E-state index in [1.807, 2.05) is 20.8 Å². The molecular weight excluding hydrogens is 216 g/mol. The number of imidazole rings is 1. The quantitative estimate of drug-likeness (QED) is 0.781. The van der Waals surface area contributed by atoms with Gasteiger partial charge in [-0.1, -0.05) is 20.8 Å². The van der Waals surface area contributed by atoms with Crippen LogP contribution in [-0.2, 0) is 0 Å². The van der Waals surface area contributed by atoms with Gasteiger partial charge in [-0.25, -0.2) is 4.79 Å². The summed E-state index contributed by atoms with van der Waals surface area (Å²) in [5, 5.41) is 0. The van der Waals surface area contributed by atoms with Crippen molar-refractivity contribution in [2.45, 2.75) is 27.2 Å². The molecule has 1 aromatic heterocycles. The molecule has 4 heteroatoms. The highest BCUT2D eigenvalue weighted by molar-refractivity contribution is 5.99. The van der Waals surface area contributed by atoms with Gasteiger partial charge in [0.1, 0.15) is 0 Å². The fourth-order valence-electron chi connectivity index (χ4n) is 1.79.